The van der Waals surface area contributed by atoms with Crippen LogP contribution in [0.3, 0.4) is 0 Å². The van der Waals surface area contributed by atoms with Crippen molar-refractivity contribution in [2.75, 3.05) is 32.4 Å². The molecule has 0 saturated carbocycles. The zero-order valence-electron chi connectivity index (χ0n) is 17.4. The van der Waals surface area contributed by atoms with Gasteiger partial charge in [0, 0.05) is 26.7 Å². The SMILES string of the molecule is CCS(=O)(=O)NCCCNC(=NC)NCC(C)(C)NC(=O)OC(C)(C)C.I. The number of carbonyl (C=O) groups is 1. The molecule has 0 bridgehead atoms. The molecule has 27 heavy (non-hydrogen) atoms. The van der Waals surface area contributed by atoms with Crippen molar-refractivity contribution in [2.45, 2.75) is 59.1 Å². The summed E-state index contributed by atoms with van der Waals surface area (Å²) in [6.07, 6.45) is 0.148. The van der Waals surface area contributed by atoms with Gasteiger partial charge in [-0.25, -0.2) is 17.9 Å². The second kappa shape index (κ2) is 12.6. The number of hydrogen-bond donors (Lipinski definition) is 4. The van der Waals surface area contributed by atoms with Gasteiger partial charge in [-0.3, -0.25) is 4.99 Å². The van der Waals surface area contributed by atoms with Crippen molar-refractivity contribution >= 4 is 46.1 Å². The lowest BCUT2D eigenvalue weighted by Gasteiger charge is -2.29. The maximum Gasteiger partial charge on any atom is 0.408 e. The summed E-state index contributed by atoms with van der Waals surface area (Å²) < 4.78 is 30.4. The second-order valence-corrected chi connectivity index (χ2v) is 9.61. The number of hydrogen-bond acceptors (Lipinski definition) is 5. The lowest BCUT2D eigenvalue weighted by atomic mass is 10.1. The zero-order valence-corrected chi connectivity index (χ0v) is 20.6. The van der Waals surface area contributed by atoms with Gasteiger partial charge in [-0.2, -0.15) is 0 Å². The molecule has 0 fully saturated rings. The van der Waals surface area contributed by atoms with E-state index in [4.69, 9.17) is 4.74 Å². The zero-order chi connectivity index (χ0) is 20.4. The number of nitrogens with one attached hydrogen (secondary N) is 4. The van der Waals surface area contributed by atoms with Crippen molar-refractivity contribution in [3.05, 3.63) is 0 Å². The Balaban J connectivity index is 0. The van der Waals surface area contributed by atoms with E-state index in [0.29, 0.717) is 32.0 Å². The summed E-state index contributed by atoms with van der Waals surface area (Å²) in [5.74, 6) is 0.644. The molecular formula is C16H36IN5O4S. The van der Waals surface area contributed by atoms with Crippen molar-refractivity contribution in [1.29, 1.82) is 0 Å². The fourth-order valence-corrected chi connectivity index (χ4v) is 2.43. The number of guanidine groups is 1. The summed E-state index contributed by atoms with van der Waals surface area (Å²) in [4.78, 5) is 16.0. The van der Waals surface area contributed by atoms with Crippen LogP contribution in [-0.4, -0.2) is 64.0 Å². The van der Waals surface area contributed by atoms with Crippen LogP contribution in [0.2, 0.25) is 0 Å². The van der Waals surface area contributed by atoms with Gasteiger partial charge in [-0.05, 0) is 48.0 Å². The molecular weight excluding hydrogens is 485 g/mol. The first-order chi connectivity index (χ1) is 11.8. The Morgan fingerprint density at radius 2 is 1.67 bits per heavy atom. The molecule has 11 heteroatoms. The molecule has 0 aromatic carbocycles. The molecule has 0 aromatic heterocycles. The fraction of sp³-hybridized carbons (Fsp3) is 0.875. The van der Waals surface area contributed by atoms with Crippen molar-refractivity contribution < 1.29 is 17.9 Å². The highest BCUT2D eigenvalue weighted by atomic mass is 127. The van der Waals surface area contributed by atoms with Crippen LogP contribution in [0.1, 0.15) is 48.0 Å². The third kappa shape index (κ3) is 15.9. The second-order valence-electron chi connectivity index (χ2n) is 7.51. The number of ether oxygens (including phenoxy) is 1. The highest BCUT2D eigenvalue weighted by Gasteiger charge is 2.24. The number of halogens is 1. The van der Waals surface area contributed by atoms with Crippen molar-refractivity contribution in [2.24, 2.45) is 4.99 Å². The van der Waals surface area contributed by atoms with Gasteiger partial charge < -0.3 is 20.7 Å². The Hall–Kier alpha value is -0.820. The number of aliphatic imine (C=N–C) groups is 1. The van der Waals surface area contributed by atoms with Crippen molar-refractivity contribution in [1.82, 2.24) is 20.7 Å². The van der Waals surface area contributed by atoms with Crippen LogP contribution in [0.15, 0.2) is 4.99 Å². The van der Waals surface area contributed by atoms with Gasteiger partial charge in [0.05, 0.1) is 11.3 Å². The largest absolute Gasteiger partial charge is 0.444 e. The van der Waals surface area contributed by atoms with E-state index in [0.717, 1.165) is 0 Å². The average molecular weight is 521 g/mol. The van der Waals surface area contributed by atoms with E-state index in [9.17, 15) is 13.2 Å². The summed E-state index contributed by atoms with van der Waals surface area (Å²) in [5, 5.41) is 9.03. The first-order valence-corrected chi connectivity index (χ1v) is 10.4. The van der Waals surface area contributed by atoms with Gasteiger partial charge in [0.2, 0.25) is 10.0 Å². The molecule has 0 radical (unpaired) electrons. The van der Waals surface area contributed by atoms with Gasteiger partial charge in [0.15, 0.2) is 5.96 Å². The summed E-state index contributed by atoms with van der Waals surface area (Å²) >= 11 is 0. The monoisotopic (exact) mass is 521 g/mol. The maximum absolute atomic E-state index is 11.9. The first kappa shape index (κ1) is 28.4. The Bertz CT molecular complexity index is 574. The number of rotatable bonds is 9. The smallest absolute Gasteiger partial charge is 0.408 e. The molecule has 0 unspecified atom stereocenters. The summed E-state index contributed by atoms with van der Waals surface area (Å²) in [6.45, 7) is 12.1. The van der Waals surface area contributed by atoms with E-state index < -0.39 is 27.3 Å². The minimum Gasteiger partial charge on any atom is -0.444 e. The van der Waals surface area contributed by atoms with Gasteiger partial charge >= 0.3 is 6.09 Å². The van der Waals surface area contributed by atoms with Gasteiger partial charge in [0.1, 0.15) is 5.60 Å². The standard InChI is InChI=1S/C16H35N5O4S.HI/c1-8-26(23,24)20-11-9-10-18-13(17-7)19-12-16(5,6)21-14(22)25-15(2,3)4;/h20H,8-12H2,1-7H3,(H,21,22)(H2,17,18,19);1H. The third-order valence-corrected chi connectivity index (χ3v) is 4.51. The summed E-state index contributed by atoms with van der Waals surface area (Å²) in [5.41, 5.74) is -1.10. The Morgan fingerprint density at radius 3 is 2.15 bits per heavy atom. The molecule has 0 aliphatic carbocycles. The molecule has 4 N–H and O–H groups in total. The molecule has 0 aliphatic heterocycles. The van der Waals surface area contributed by atoms with E-state index in [-0.39, 0.29) is 29.7 Å². The molecule has 0 aromatic rings. The van der Waals surface area contributed by atoms with Crippen LogP contribution in [0.4, 0.5) is 4.79 Å². The van der Waals surface area contributed by atoms with Gasteiger partial charge in [-0.1, -0.05) is 0 Å². The molecule has 0 saturated heterocycles. The Kier molecular flexibility index (Phi) is 13.3. The molecule has 0 aliphatic rings. The molecule has 0 heterocycles. The third-order valence-electron chi connectivity index (χ3n) is 3.11. The van der Waals surface area contributed by atoms with Gasteiger partial charge in [0.25, 0.3) is 0 Å². The minimum atomic E-state index is -3.16. The van der Waals surface area contributed by atoms with Gasteiger partial charge in [-0.15, -0.1) is 24.0 Å². The molecule has 1 amide bonds. The molecule has 0 rings (SSSR count). The normalized spacial score (nSPS) is 12.8. The molecule has 0 spiro atoms. The van der Waals surface area contributed by atoms with Crippen LogP contribution in [-0.2, 0) is 14.8 Å². The molecule has 0 atom stereocenters. The molecule has 9 nitrogen and oxygen atoms in total. The Morgan fingerprint density at radius 1 is 1.07 bits per heavy atom. The summed E-state index contributed by atoms with van der Waals surface area (Å²) in [7, 11) is -1.51. The topological polar surface area (TPSA) is 121 Å². The number of carbonyl (C=O) groups excluding carboxylic acids is 1. The fourth-order valence-electron chi connectivity index (χ4n) is 1.77. The summed E-state index contributed by atoms with van der Waals surface area (Å²) in [6, 6.07) is 0. The Labute approximate surface area is 180 Å². The average Bonchev–Trinajstić information content (AvgIpc) is 2.47. The van der Waals surface area contributed by atoms with E-state index in [1.54, 1.807) is 14.0 Å². The predicted molar refractivity (Wildman–Crippen MR) is 120 cm³/mol. The lowest BCUT2D eigenvalue weighted by molar-refractivity contribution is 0.0474. The van der Waals surface area contributed by atoms with E-state index in [1.165, 1.54) is 0 Å². The van der Waals surface area contributed by atoms with Crippen LogP contribution in [0.5, 0.6) is 0 Å². The van der Waals surface area contributed by atoms with E-state index in [1.807, 2.05) is 34.6 Å². The highest BCUT2D eigenvalue weighted by molar-refractivity contribution is 14.0. The predicted octanol–water partition coefficient (Wildman–Crippen LogP) is 1.40. The van der Waals surface area contributed by atoms with E-state index in [2.05, 4.69) is 25.7 Å². The van der Waals surface area contributed by atoms with Crippen molar-refractivity contribution in [3.8, 4) is 0 Å². The van der Waals surface area contributed by atoms with Crippen LogP contribution < -0.4 is 20.7 Å². The number of alkyl carbamates (subject to hydrolysis) is 1. The minimum absolute atomic E-state index is 0. The maximum atomic E-state index is 11.9. The number of amides is 1. The van der Waals surface area contributed by atoms with E-state index >= 15 is 0 Å². The van der Waals surface area contributed by atoms with Crippen LogP contribution in [0, 0.1) is 0 Å². The quantitative estimate of drug-likeness (QED) is 0.158. The van der Waals surface area contributed by atoms with Crippen LogP contribution >= 0.6 is 24.0 Å². The number of sulfonamides is 1. The first-order valence-electron chi connectivity index (χ1n) is 8.73. The number of nitrogens with zero attached hydrogens (tertiary/aromatic N) is 1. The highest BCUT2D eigenvalue weighted by Crippen LogP contribution is 2.09. The lowest BCUT2D eigenvalue weighted by Crippen LogP contribution is -2.54. The van der Waals surface area contributed by atoms with Crippen LogP contribution in [0.25, 0.3) is 0 Å². The molecule has 162 valence electrons. The van der Waals surface area contributed by atoms with Crippen molar-refractivity contribution in [3.63, 3.8) is 0 Å².